The fraction of sp³-hybridized carbons (Fsp3) is 0.280. The Balaban J connectivity index is 1.44. The van der Waals surface area contributed by atoms with Crippen molar-refractivity contribution in [2.45, 2.75) is 31.7 Å². The molecule has 0 spiro atoms. The van der Waals surface area contributed by atoms with Crippen LogP contribution in [0.1, 0.15) is 29.8 Å². The highest BCUT2D eigenvalue weighted by Crippen LogP contribution is 2.40. The summed E-state index contributed by atoms with van der Waals surface area (Å²) in [6, 6.07) is 21.7. The molecule has 5 nitrogen and oxygen atoms in total. The molecule has 0 aromatic heterocycles. The summed E-state index contributed by atoms with van der Waals surface area (Å²) in [6.07, 6.45) is 0.192. The van der Waals surface area contributed by atoms with Gasteiger partial charge in [0.1, 0.15) is 12.0 Å². The third kappa shape index (κ3) is 4.69. The smallest absolute Gasteiger partial charge is 0.411 e. The molecule has 1 aliphatic heterocycles. The number of hydrogen-bond donors (Lipinski definition) is 1. The zero-order valence-corrected chi connectivity index (χ0v) is 18.5. The van der Waals surface area contributed by atoms with Crippen LogP contribution in [0, 0.1) is 6.92 Å². The summed E-state index contributed by atoms with van der Waals surface area (Å²) in [4.78, 5) is 27.1. The van der Waals surface area contributed by atoms with Crippen molar-refractivity contribution in [2.75, 3.05) is 17.7 Å². The molecule has 2 amide bonds. The molecule has 1 saturated heterocycles. The number of rotatable bonds is 6. The number of nitrogens with zero attached hydrogens (tertiary/aromatic N) is 1. The van der Waals surface area contributed by atoms with E-state index in [0.717, 1.165) is 16.3 Å². The van der Waals surface area contributed by atoms with Crippen LogP contribution in [0.4, 0.5) is 10.5 Å². The van der Waals surface area contributed by atoms with E-state index < -0.39 is 6.09 Å². The maximum absolute atomic E-state index is 12.7. The lowest BCUT2D eigenvalue weighted by molar-refractivity contribution is -0.131. The van der Waals surface area contributed by atoms with Gasteiger partial charge in [-0.05, 0) is 30.4 Å². The Kier molecular flexibility index (Phi) is 6.47. The molecule has 160 valence electrons. The van der Waals surface area contributed by atoms with Crippen LogP contribution in [0.3, 0.4) is 0 Å². The van der Waals surface area contributed by atoms with E-state index in [1.54, 1.807) is 11.8 Å². The predicted molar refractivity (Wildman–Crippen MR) is 126 cm³/mol. The second kappa shape index (κ2) is 9.43. The molecule has 2 atom stereocenters. The number of carbonyl (C=O) groups excluding carboxylic acids is 2. The normalized spacial score (nSPS) is 17.0. The van der Waals surface area contributed by atoms with Gasteiger partial charge in [-0.25, -0.2) is 4.79 Å². The number of amides is 2. The van der Waals surface area contributed by atoms with E-state index in [9.17, 15) is 9.59 Å². The number of carbonyl (C=O) groups is 2. The second-order valence-electron chi connectivity index (χ2n) is 7.69. The summed E-state index contributed by atoms with van der Waals surface area (Å²) in [5.74, 6) is 0.525. The van der Waals surface area contributed by atoms with Crippen LogP contribution in [-0.4, -0.2) is 35.3 Å². The maximum Gasteiger partial charge on any atom is 0.411 e. The van der Waals surface area contributed by atoms with Crippen LogP contribution >= 0.6 is 11.8 Å². The molecular weight excluding hydrogens is 408 g/mol. The lowest BCUT2D eigenvalue weighted by Crippen LogP contribution is -2.41. The number of nitrogens with one attached hydrogen (secondary N) is 1. The number of thioether (sulfide) groups is 1. The fourth-order valence-corrected chi connectivity index (χ4v) is 5.12. The number of benzene rings is 3. The number of ether oxygens (including phenoxy) is 1. The number of fused-ring (bicyclic) bond motifs is 1. The Bertz CT molecular complexity index is 1080. The van der Waals surface area contributed by atoms with Gasteiger partial charge in [-0.15, -0.1) is 11.8 Å². The number of aryl methyl sites for hydroxylation is 1. The van der Waals surface area contributed by atoms with Gasteiger partial charge in [-0.3, -0.25) is 10.1 Å². The predicted octanol–water partition coefficient (Wildman–Crippen LogP) is 5.75. The summed E-state index contributed by atoms with van der Waals surface area (Å²) >= 11 is 1.62. The van der Waals surface area contributed by atoms with Gasteiger partial charge < -0.3 is 9.64 Å². The molecule has 0 saturated carbocycles. The molecule has 0 radical (unpaired) electrons. The van der Waals surface area contributed by atoms with Gasteiger partial charge in [0, 0.05) is 5.39 Å². The molecular formula is C25H26N2O3S. The van der Waals surface area contributed by atoms with Gasteiger partial charge in [0.2, 0.25) is 5.91 Å². The summed E-state index contributed by atoms with van der Waals surface area (Å²) in [5, 5.41) is 4.80. The van der Waals surface area contributed by atoms with Crippen molar-refractivity contribution in [3.63, 3.8) is 0 Å². The van der Waals surface area contributed by atoms with E-state index in [2.05, 4.69) is 29.6 Å². The van der Waals surface area contributed by atoms with E-state index >= 15 is 0 Å². The first-order valence-electron chi connectivity index (χ1n) is 10.5. The van der Waals surface area contributed by atoms with Crippen LogP contribution in [0.25, 0.3) is 10.8 Å². The highest BCUT2D eigenvalue weighted by molar-refractivity contribution is 8.00. The second-order valence-corrected chi connectivity index (χ2v) is 8.76. The van der Waals surface area contributed by atoms with Crippen molar-refractivity contribution in [1.29, 1.82) is 0 Å². The van der Waals surface area contributed by atoms with Gasteiger partial charge in [0.25, 0.3) is 0 Å². The SMILES string of the molecule is CC[C@H](COC(=O)Nc1cccc2ccccc12)N1C(=O)CS[C@H]1c1ccc(C)cc1. The van der Waals surface area contributed by atoms with Crippen molar-refractivity contribution in [3.05, 3.63) is 77.9 Å². The summed E-state index contributed by atoms with van der Waals surface area (Å²) < 4.78 is 5.56. The average molecular weight is 435 g/mol. The van der Waals surface area contributed by atoms with Crippen molar-refractivity contribution in [3.8, 4) is 0 Å². The van der Waals surface area contributed by atoms with Gasteiger partial charge in [0.05, 0.1) is 17.5 Å². The van der Waals surface area contributed by atoms with E-state index in [-0.39, 0.29) is 23.9 Å². The molecule has 1 N–H and O–H groups in total. The third-order valence-electron chi connectivity index (χ3n) is 5.57. The van der Waals surface area contributed by atoms with Crippen molar-refractivity contribution in [1.82, 2.24) is 4.90 Å². The molecule has 1 aliphatic rings. The molecule has 1 heterocycles. The lowest BCUT2D eigenvalue weighted by atomic mass is 10.1. The summed E-state index contributed by atoms with van der Waals surface area (Å²) in [7, 11) is 0. The highest BCUT2D eigenvalue weighted by atomic mass is 32.2. The number of anilines is 1. The molecule has 31 heavy (non-hydrogen) atoms. The zero-order chi connectivity index (χ0) is 21.8. The maximum atomic E-state index is 12.7. The van der Waals surface area contributed by atoms with Crippen molar-refractivity contribution in [2.24, 2.45) is 0 Å². The van der Waals surface area contributed by atoms with E-state index in [1.165, 1.54) is 5.56 Å². The minimum Gasteiger partial charge on any atom is -0.447 e. The van der Waals surface area contributed by atoms with Gasteiger partial charge in [0.15, 0.2) is 0 Å². The Morgan fingerprint density at radius 1 is 1.13 bits per heavy atom. The molecule has 1 fully saturated rings. The average Bonchev–Trinajstić information content (AvgIpc) is 3.16. The summed E-state index contributed by atoms with van der Waals surface area (Å²) in [6.45, 7) is 4.21. The van der Waals surface area contributed by atoms with Crippen molar-refractivity contribution < 1.29 is 14.3 Å². The van der Waals surface area contributed by atoms with Crippen LogP contribution < -0.4 is 5.32 Å². The van der Waals surface area contributed by atoms with Gasteiger partial charge >= 0.3 is 6.09 Å². The van der Waals surface area contributed by atoms with Crippen LogP contribution in [-0.2, 0) is 9.53 Å². The molecule has 0 bridgehead atoms. The monoisotopic (exact) mass is 434 g/mol. The summed E-state index contributed by atoms with van der Waals surface area (Å²) in [5.41, 5.74) is 2.99. The Morgan fingerprint density at radius 3 is 2.65 bits per heavy atom. The minimum atomic E-state index is -0.513. The Morgan fingerprint density at radius 2 is 1.87 bits per heavy atom. The standard InChI is InChI=1S/C25H26N2O3S/c1-3-20(27-23(28)16-31-24(27)19-13-11-17(2)12-14-19)15-30-25(29)26-22-10-6-8-18-7-4-5-9-21(18)22/h4-14,20,24H,3,15-16H2,1-2H3,(H,26,29)/t20-,24+/m1/s1. The molecule has 6 heteroatoms. The van der Waals surface area contributed by atoms with Crippen LogP contribution in [0.15, 0.2) is 66.7 Å². The van der Waals surface area contributed by atoms with Gasteiger partial charge in [-0.1, -0.05) is 73.2 Å². The quantitative estimate of drug-likeness (QED) is 0.537. The molecule has 4 rings (SSSR count). The number of hydrogen-bond acceptors (Lipinski definition) is 4. The van der Waals surface area contributed by atoms with Crippen LogP contribution in [0.2, 0.25) is 0 Å². The van der Waals surface area contributed by atoms with E-state index in [0.29, 0.717) is 17.9 Å². The van der Waals surface area contributed by atoms with E-state index in [1.807, 2.05) is 61.2 Å². The zero-order valence-electron chi connectivity index (χ0n) is 17.7. The Hall–Kier alpha value is -2.99. The fourth-order valence-electron chi connectivity index (χ4n) is 3.87. The highest BCUT2D eigenvalue weighted by Gasteiger charge is 2.37. The topological polar surface area (TPSA) is 58.6 Å². The molecule has 0 aliphatic carbocycles. The molecule has 0 unspecified atom stereocenters. The Labute approximate surface area is 186 Å². The van der Waals surface area contributed by atoms with Gasteiger partial charge in [-0.2, -0.15) is 0 Å². The largest absolute Gasteiger partial charge is 0.447 e. The third-order valence-corrected chi connectivity index (χ3v) is 6.79. The van der Waals surface area contributed by atoms with E-state index in [4.69, 9.17) is 4.74 Å². The molecule has 3 aromatic rings. The van der Waals surface area contributed by atoms with Crippen LogP contribution in [0.5, 0.6) is 0 Å². The first kappa shape index (κ1) is 21.2. The van der Waals surface area contributed by atoms with Crippen molar-refractivity contribution >= 4 is 40.2 Å². The minimum absolute atomic E-state index is 0.0530. The molecule has 3 aromatic carbocycles. The first-order valence-corrected chi connectivity index (χ1v) is 11.5. The first-order chi connectivity index (χ1) is 15.1. The lowest BCUT2D eigenvalue weighted by Gasteiger charge is -2.32.